The molecule has 0 aromatic carbocycles. The summed E-state index contributed by atoms with van der Waals surface area (Å²) in [6.45, 7) is 2.57. The van der Waals surface area contributed by atoms with E-state index < -0.39 is 0 Å². The molecule has 1 aromatic rings. The van der Waals surface area contributed by atoms with Crippen molar-refractivity contribution in [2.75, 3.05) is 0 Å². The Kier molecular flexibility index (Phi) is 11.6. The zero-order chi connectivity index (χ0) is 19.9. The predicted molar refractivity (Wildman–Crippen MR) is 116 cm³/mol. The maximum Gasteiger partial charge on any atom is 0.306 e. The molecule has 1 aliphatic carbocycles. The van der Waals surface area contributed by atoms with Crippen molar-refractivity contribution in [1.82, 2.24) is 4.98 Å². The van der Waals surface area contributed by atoms with Gasteiger partial charge in [0.2, 0.25) is 0 Å². The fraction of sp³-hybridized carbons (Fsp3) is 0.680. The highest BCUT2D eigenvalue weighted by Crippen LogP contribution is 2.38. The summed E-state index contributed by atoms with van der Waals surface area (Å²) in [7, 11) is 0. The molecular formula is C25H39NO2. The molecule has 0 unspecified atom stereocenters. The topological polar surface area (TPSA) is 39.2 Å². The molecule has 1 aromatic heterocycles. The zero-order valence-electron chi connectivity index (χ0n) is 17.9. The molecule has 28 heavy (non-hydrogen) atoms. The van der Waals surface area contributed by atoms with E-state index in [2.05, 4.69) is 11.9 Å². The molecule has 0 aliphatic heterocycles. The van der Waals surface area contributed by atoms with Crippen LogP contribution < -0.4 is 0 Å². The molecule has 0 spiro atoms. The second kappa shape index (κ2) is 14.4. The van der Waals surface area contributed by atoms with E-state index in [9.17, 15) is 4.79 Å². The number of unbranched alkanes of at least 4 members (excludes halogenated alkanes) is 9. The van der Waals surface area contributed by atoms with E-state index in [1.165, 1.54) is 77.0 Å². The van der Waals surface area contributed by atoms with E-state index in [4.69, 9.17) is 4.74 Å². The summed E-state index contributed by atoms with van der Waals surface area (Å²) < 4.78 is 5.26. The van der Waals surface area contributed by atoms with Crippen LogP contribution >= 0.6 is 0 Å². The van der Waals surface area contributed by atoms with Crippen LogP contribution in [-0.2, 0) is 16.1 Å². The Morgan fingerprint density at radius 1 is 0.893 bits per heavy atom. The molecule has 156 valence electrons. The van der Waals surface area contributed by atoms with E-state index in [1.807, 2.05) is 18.2 Å². The quantitative estimate of drug-likeness (QED) is 0.160. The minimum Gasteiger partial charge on any atom is -0.459 e. The fourth-order valence-corrected chi connectivity index (χ4v) is 3.71. The largest absolute Gasteiger partial charge is 0.459 e. The van der Waals surface area contributed by atoms with Crippen LogP contribution in [-0.4, -0.2) is 11.0 Å². The fourth-order valence-electron chi connectivity index (χ4n) is 3.71. The first-order valence-electron chi connectivity index (χ1n) is 11.5. The van der Waals surface area contributed by atoms with E-state index in [-0.39, 0.29) is 12.6 Å². The van der Waals surface area contributed by atoms with Crippen LogP contribution in [0.1, 0.15) is 109 Å². The number of esters is 1. The lowest BCUT2D eigenvalue weighted by Crippen LogP contribution is -2.05. The highest BCUT2D eigenvalue weighted by Gasteiger charge is 2.19. The van der Waals surface area contributed by atoms with Gasteiger partial charge in [-0.25, -0.2) is 0 Å². The van der Waals surface area contributed by atoms with Crippen molar-refractivity contribution in [3.05, 3.63) is 41.2 Å². The number of carbonyl (C=O) groups excluding carboxylic acids is 1. The molecule has 0 amide bonds. The molecule has 0 bridgehead atoms. The van der Waals surface area contributed by atoms with Crippen LogP contribution in [0.25, 0.3) is 0 Å². The van der Waals surface area contributed by atoms with Crippen LogP contribution in [0, 0.1) is 0 Å². The molecular weight excluding hydrogens is 346 g/mol. The third kappa shape index (κ3) is 10.6. The number of ether oxygens (including phenoxy) is 1. The molecule has 0 saturated heterocycles. The molecule has 2 rings (SSSR count). The average Bonchev–Trinajstić information content (AvgIpc) is 3.47. The standard InChI is InChI=1S/C25H39NO2/c1-2-3-4-5-7-10-15-22-20-23(22)16-11-8-6-9-12-18-25(27)28-21-24-17-13-14-19-26-24/h13-14,17,19H,2-12,15-16,18,20-21H2,1H3. The molecule has 1 aliphatic rings. The first-order chi connectivity index (χ1) is 13.8. The zero-order valence-corrected chi connectivity index (χ0v) is 17.9. The van der Waals surface area contributed by atoms with Gasteiger partial charge < -0.3 is 4.74 Å². The summed E-state index contributed by atoms with van der Waals surface area (Å²) in [4.78, 5) is 15.9. The van der Waals surface area contributed by atoms with E-state index in [1.54, 1.807) is 17.3 Å². The number of aromatic nitrogens is 1. The molecule has 0 N–H and O–H groups in total. The van der Waals surface area contributed by atoms with Crippen molar-refractivity contribution in [3.8, 4) is 0 Å². The summed E-state index contributed by atoms with van der Waals surface area (Å²) in [6, 6.07) is 5.65. The normalized spacial score (nSPS) is 13.0. The van der Waals surface area contributed by atoms with Gasteiger partial charge in [-0.3, -0.25) is 9.78 Å². The van der Waals surface area contributed by atoms with Crippen molar-refractivity contribution < 1.29 is 9.53 Å². The summed E-state index contributed by atoms with van der Waals surface area (Å²) in [6.07, 6.45) is 20.6. The Balaban J connectivity index is 1.36. The molecule has 0 saturated carbocycles. The van der Waals surface area contributed by atoms with Crippen molar-refractivity contribution in [2.45, 2.75) is 110 Å². The van der Waals surface area contributed by atoms with Gasteiger partial charge in [0.05, 0.1) is 5.69 Å². The second-order valence-corrected chi connectivity index (χ2v) is 8.15. The van der Waals surface area contributed by atoms with Crippen molar-refractivity contribution in [3.63, 3.8) is 0 Å². The Morgan fingerprint density at radius 2 is 1.54 bits per heavy atom. The monoisotopic (exact) mass is 385 g/mol. The number of pyridine rings is 1. The molecule has 0 radical (unpaired) electrons. The van der Waals surface area contributed by atoms with Gasteiger partial charge in [-0.15, -0.1) is 0 Å². The molecule has 3 heteroatoms. The van der Waals surface area contributed by atoms with Gasteiger partial charge in [0.25, 0.3) is 0 Å². The third-order valence-corrected chi connectivity index (χ3v) is 5.60. The average molecular weight is 386 g/mol. The molecule has 0 atom stereocenters. The van der Waals surface area contributed by atoms with E-state index in [0.717, 1.165) is 18.5 Å². The Labute approximate surface area is 172 Å². The van der Waals surface area contributed by atoms with Crippen molar-refractivity contribution in [2.24, 2.45) is 0 Å². The van der Waals surface area contributed by atoms with E-state index >= 15 is 0 Å². The SMILES string of the molecule is CCCCCCCCC1=C(CCCCCCCC(=O)OCc2ccccn2)C1. The molecule has 0 fully saturated rings. The Hall–Kier alpha value is -1.64. The number of allylic oxidation sites excluding steroid dienone is 2. The predicted octanol–water partition coefficient (Wildman–Crippen LogP) is 7.31. The lowest BCUT2D eigenvalue weighted by atomic mass is 10.1. The minimum atomic E-state index is -0.104. The van der Waals surface area contributed by atoms with Crippen molar-refractivity contribution in [1.29, 1.82) is 0 Å². The lowest BCUT2D eigenvalue weighted by molar-refractivity contribution is -0.145. The van der Waals surface area contributed by atoms with E-state index in [0.29, 0.717) is 6.42 Å². The molecule has 3 nitrogen and oxygen atoms in total. The van der Waals surface area contributed by atoms with Gasteiger partial charge in [0, 0.05) is 12.6 Å². The van der Waals surface area contributed by atoms with Gasteiger partial charge in [-0.1, -0.05) is 75.5 Å². The number of hydrogen-bond acceptors (Lipinski definition) is 3. The summed E-state index contributed by atoms with van der Waals surface area (Å²) in [5, 5.41) is 0. The second-order valence-electron chi connectivity index (χ2n) is 8.15. The van der Waals surface area contributed by atoms with Gasteiger partial charge in [0.1, 0.15) is 6.61 Å². The maximum atomic E-state index is 11.7. The highest BCUT2D eigenvalue weighted by molar-refractivity contribution is 5.69. The number of nitrogens with zero attached hydrogens (tertiary/aromatic N) is 1. The van der Waals surface area contributed by atoms with Crippen LogP contribution in [0.2, 0.25) is 0 Å². The van der Waals surface area contributed by atoms with Crippen LogP contribution in [0.4, 0.5) is 0 Å². The van der Waals surface area contributed by atoms with Gasteiger partial charge in [-0.05, 0) is 50.7 Å². The number of carbonyl (C=O) groups is 1. The van der Waals surface area contributed by atoms with Gasteiger partial charge in [0.15, 0.2) is 0 Å². The van der Waals surface area contributed by atoms with Gasteiger partial charge >= 0.3 is 5.97 Å². The molecule has 1 heterocycles. The minimum absolute atomic E-state index is 0.104. The van der Waals surface area contributed by atoms with Crippen LogP contribution in [0.15, 0.2) is 35.5 Å². The smallest absolute Gasteiger partial charge is 0.306 e. The lowest BCUT2D eigenvalue weighted by Gasteiger charge is -2.04. The first-order valence-corrected chi connectivity index (χ1v) is 11.5. The van der Waals surface area contributed by atoms with Crippen LogP contribution in [0.3, 0.4) is 0 Å². The maximum absolute atomic E-state index is 11.7. The summed E-state index contributed by atoms with van der Waals surface area (Å²) in [5.74, 6) is -0.104. The third-order valence-electron chi connectivity index (χ3n) is 5.60. The number of rotatable bonds is 17. The van der Waals surface area contributed by atoms with Crippen molar-refractivity contribution >= 4 is 5.97 Å². The Bertz CT molecular complexity index is 579. The van der Waals surface area contributed by atoms with Crippen LogP contribution in [0.5, 0.6) is 0 Å². The summed E-state index contributed by atoms with van der Waals surface area (Å²) >= 11 is 0. The first kappa shape index (κ1) is 22.6. The van der Waals surface area contributed by atoms with Gasteiger partial charge in [-0.2, -0.15) is 0 Å². The highest BCUT2D eigenvalue weighted by atomic mass is 16.5. The Morgan fingerprint density at radius 3 is 2.18 bits per heavy atom. The summed E-state index contributed by atoms with van der Waals surface area (Å²) in [5.41, 5.74) is 4.33. The number of hydrogen-bond donors (Lipinski definition) is 0.